The van der Waals surface area contributed by atoms with E-state index >= 15 is 0 Å². The quantitative estimate of drug-likeness (QED) is 0.713. The molecule has 1 aromatic heterocycles. The first-order valence-electron chi connectivity index (χ1n) is 9.69. The zero-order chi connectivity index (χ0) is 19.1. The van der Waals surface area contributed by atoms with Crippen LogP contribution in [0.15, 0.2) is 54.7 Å². The molecule has 5 nitrogen and oxygen atoms in total. The first-order valence-corrected chi connectivity index (χ1v) is 9.69. The number of aromatic nitrogens is 1. The number of para-hydroxylation sites is 2. The Morgan fingerprint density at radius 2 is 1.79 bits per heavy atom. The highest BCUT2D eigenvalue weighted by atomic mass is 16.2. The summed E-state index contributed by atoms with van der Waals surface area (Å²) in [5.74, 6) is 0.0626. The van der Waals surface area contributed by atoms with Crippen LogP contribution in [0.3, 0.4) is 0 Å². The summed E-state index contributed by atoms with van der Waals surface area (Å²) in [7, 11) is 0. The summed E-state index contributed by atoms with van der Waals surface area (Å²) in [5, 5.41) is 3.96. The number of carbonyl (C=O) groups is 2. The number of likely N-dealkylation sites (tertiary alicyclic amines) is 1. The first-order chi connectivity index (χ1) is 13.7. The minimum atomic E-state index is -0.0915. The maximum atomic E-state index is 12.7. The standard InChI is InChI=1S/C23H21N3O2/c27-22(25-11-5-6-12-25)15-26-14-16(17-7-2-4-10-21(17)26)13-19-18-8-1-3-9-20(18)24-23(19)28/h1-4,7-10,13-14H,5-6,11-12,15H2,(H,24,28)/b19-13+. The molecule has 0 radical (unpaired) electrons. The van der Waals surface area contributed by atoms with E-state index in [9.17, 15) is 9.59 Å². The van der Waals surface area contributed by atoms with Crippen molar-refractivity contribution >= 4 is 40.1 Å². The Kier molecular flexibility index (Phi) is 4.01. The van der Waals surface area contributed by atoms with E-state index in [1.54, 1.807) is 0 Å². The summed E-state index contributed by atoms with van der Waals surface area (Å²) in [6.45, 7) is 2.03. The van der Waals surface area contributed by atoms with E-state index in [0.717, 1.165) is 53.6 Å². The van der Waals surface area contributed by atoms with E-state index in [1.807, 2.05) is 70.3 Å². The van der Waals surface area contributed by atoms with Crippen molar-refractivity contribution in [2.45, 2.75) is 19.4 Å². The van der Waals surface area contributed by atoms with Crippen LogP contribution in [0.4, 0.5) is 5.69 Å². The van der Waals surface area contributed by atoms with Gasteiger partial charge >= 0.3 is 0 Å². The second-order valence-electron chi connectivity index (χ2n) is 7.38. The Hall–Kier alpha value is -3.34. The van der Waals surface area contributed by atoms with Crippen LogP contribution in [-0.2, 0) is 16.1 Å². The van der Waals surface area contributed by atoms with Gasteiger partial charge in [0.05, 0.1) is 0 Å². The number of carbonyl (C=O) groups excluding carboxylic acids is 2. The molecule has 3 aromatic rings. The second kappa shape index (κ2) is 6.68. The summed E-state index contributed by atoms with van der Waals surface area (Å²) in [5.41, 5.74) is 4.37. The molecule has 140 valence electrons. The summed E-state index contributed by atoms with van der Waals surface area (Å²) < 4.78 is 2.00. The summed E-state index contributed by atoms with van der Waals surface area (Å²) in [6, 6.07) is 15.7. The van der Waals surface area contributed by atoms with Gasteiger partial charge in [0.2, 0.25) is 5.91 Å². The van der Waals surface area contributed by atoms with Crippen LogP contribution >= 0.6 is 0 Å². The molecule has 0 aliphatic carbocycles. The number of nitrogens with zero attached hydrogens (tertiary/aromatic N) is 2. The van der Waals surface area contributed by atoms with Gasteiger partial charge in [-0.3, -0.25) is 9.59 Å². The van der Waals surface area contributed by atoms with Crippen molar-refractivity contribution in [1.82, 2.24) is 9.47 Å². The zero-order valence-electron chi connectivity index (χ0n) is 15.5. The minimum Gasteiger partial charge on any atom is -0.341 e. The molecular weight excluding hydrogens is 350 g/mol. The molecule has 28 heavy (non-hydrogen) atoms. The van der Waals surface area contributed by atoms with Crippen molar-refractivity contribution in [1.29, 1.82) is 0 Å². The molecule has 1 saturated heterocycles. The van der Waals surface area contributed by atoms with Crippen molar-refractivity contribution in [3.63, 3.8) is 0 Å². The molecule has 0 bridgehead atoms. The van der Waals surface area contributed by atoms with Crippen molar-refractivity contribution in [3.8, 4) is 0 Å². The summed E-state index contributed by atoms with van der Waals surface area (Å²) >= 11 is 0. The van der Waals surface area contributed by atoms with Crippen molar-refractivity contribution in [2.75, 3.05) is 18.4 Å². The van der Waals surface area contributed by atoms with Gasteiger partial charge in [0.25, 0.3) is 5.91 Å². The fourth-order valence-electron chi connectivity index (χ4n) is 4.17. The average Bonchev–Trinajstić information content (AvgIpc) is 3.42. The fraction of sp³-hybridized carbons (Fsp3) is 0.217. The molecule has 1 N–H and O–H groups in total. The van der Waals surface area contributed by atoms with Crippen LogP contribution in [0.1, 0.15) is 24.0 Å². The van der Waals surface area contributed by atoms with E-state index in [4.69, 9.17) is 0 Å². The lowest BCUT2D eigenvalue weighted by molar-refractivity contribution is -0.130. The van der Waals surface area contributed by atoms with Crippen LogP contribution in [0.25, 0.3) is 22.6 Å². The van der Waals surface area contributed by atoms with Gasteiger partial charge in [-0.25, -0.2) is 0 Å². The molecule has 1 fully saturated rings. The molecular formula is C23H21N3O2. The maximum Gasteiger partial charge on any atom is 0.256 e. The van der Waals surface area contributed by atoms with Gasteiger partial charge in [-0.05, 0) is 31.1 Å². The largest absolute Gasteiger partial charge is 0.341 e. The summed E-state index contributed by atoms with van der Waals surface area (Å²) in [6.07, 6.45) is 6.09. The van der Waals surface area contributed by atoms with E-state index in [2.05, 4.69) is 5.32 Å². The Balaban J connectivity index is 1.56. The molecule has 2 aromatic carbocycles. The van der Waals surface area contributed by atoms with E-state index in [1.165, 1.54) is 0 Å². The molecule has 0 spiro atoms. The Morgan fingerprint density at radius 3 is 2.64 bits per heavy atom. The predicted molar refractivity (Wildman–Crippen MR) is 111 cm³/mol. The van der Waals surface area contributed by atoms with E-state index in [0.29, 0.717) is 12.1 Å². The van der Waals surface area contributed by atoms with Crippen LogP contribution in [-0.4, -0.2) is 34.4 Å². The van der Waals surface area contributed by atoms with Gasteiger partial charge in [-0.15, -0.1) is 0 Å². The number of hydrogen-bond acceptors (Lipinski definition) is 2. The van der Waals surface area contributed by atoms with Gasteiger partial charge in [0.15, 0.2) is 0 Å². The lowest BCUT2D eigenvalue weighted by Crippen LogP contribution is -2.30. The fourth-order valence-corrected chi connectivity index (χ4v) is 4.17. The molecule has 0 saturated carbocycles. The molecule has 3 heterocycles. The minimum absolute atomic E-state index is 0.0915. The van der Waals surface area contributed by atoms with Crippen LogP contribution < -0.4 is 5.32 Å². The normalized spacial score (nSPS) is 17.4. The smallest absolute Gasteiger partial charge is 0.256 e. The van der Waals surface area contributed by atoms with Crippen molar-refractivity contribution < 1.29 is 9.59 Å². The third-order valence-corrected chi connectivity index (χ3v) is 5.59. The highest BCUT2D eigenvalue weighted by Crippen LogP contribution is 2.34. The third-order valence-electron chi connectivity index (χ3n) is 5.59. The van der Waals surface area contributed by atoms with Gasteiger partial charge < -0.3 is 14.8 Å². The SMILES string of the molecule is O=C1Nc2ccccc2/C1=C\c1cn(CC(=O)N2CCCC2)c2ccccc12. The second-order valence-corrected chi connectivity index (χ2v) is 7.38. The molecule has 2 aliphatic heterocycles. The molecule has 5 rings (SSSR count). The van der Waals surface area contributed by atoms with Gasteiger partial charge in [0, 0.05) is 52.6 Å². The Bertz CT molecular complexity index is 1120. The maximum absolute atomic E-state index is 12.7. The summed E-state index contributed by atoms with van der Waals surface area (Å²) in [4.78, 5) is 27.1. The Morgan fingerprint density at radius 1 is 1.04 bits per heavy atom. The Labute approximate surface area is 163 Å². The third kappa shape index (κ3) is 2.80. The number of amides is 2. The predicted octanol–water partition coefficient (Wildman–Crippen LogP) is 3.76. The highest BCUT2D eigenvalue weighted by molar-refractivity contribution is 6.35. The number of benzene rings is 2. The highest BCUT2D eigenvalue weighted by Gasteiger charge is 2.24. The lowest BCUT2D eigenvalue weighted by atomic mass is 10.0. The van der Waals surface area contributed by atoms with Gasteiger partial charge in [-0.1, -0.05) is 36.4 Å². The van der Waals surface area contributed by atoms with Gasteiger partial charge in [0.1, 0.15) is 6.54 Å². The molecule has 2 aliphatic rings. The molecule has 2 amide bonds. The number of anilines is 1. The number of hydrogen-bond donors (Lipinski definition) is 1. The van der Waals surface area contributed by atoms with Crippen molar-refractivity contribution in [3.05, 3.63) is 65.9 Å². The van der Waals surface area contributed by atoms with Gasteiger partial charge in [-0.2, -0.15) is 0 Å². The topological polar surface area (TPSA) is 54.3 Å². The van der Waals surface area contributed by atoms with Crippen molar-refractivity contribution in [2.24, 2.45) is 0 Å². The average molecular weight is 371 g/mol. The van der Waals surface area contributed by atoms with Crippen LogP contribution in [0.2, 0.25) is 0 Å². The molecule has 0 atom stereocenters. The number of nitrogens with one attached hydrogen (secondary N) is 1. The van der Waals surface area contributed by atoms with E-state index < -0.39 is 0 Å². The van der Waals surface area contributed by atoms with E-state index in [-0.39, 0.29) is 11.8 Å². The lowest BCUT2D eigenvalue weighted by Gasteiger charge is -2.15. The van der Waals surface area contributed by atoms with Crippen LogP contribution in [0.5, 0.6) is 0 Å². The number of fused-ring (bicyclic) bond motifs is 2. The monoisotopic (exact) mass is 371 g/mol. The molecule has 0 unspecified atom stereocenters. The first kappa shape index (κ1) is 16.8. The number of rotatable bonds is 3. The van der Waals surface area contributed by atoms with Crippen LogP contribution in [0, 0.1) is 0 Å². The molecule has 5 heteroatoms. The zero-order valence-corrected chi connectivity index (χ0v) is 15.5.